The Balaban J connectivity index is 1.93. The van der Waals surface area contributed by atoms with Gasteiger partial charge in [-0.15, -0.1) is 0 Å². The van der Waals surface area contributed by atoms with Crippen molar-refractivity contribution < 1.29 is 9.59 Å². The van der Waals surface area contributed by atoms with Crippen molar-refractivity contribution in [1.29, 1.82) is 0 Å². The molecule has 0 saturated carbocycles. The number of nitrogens with one attached hydrogen (secondary N) is 1. The topological polar surface area (TPSA) is 51.1 Å². The molecule has 0 spiro atoms. The van der Waals surface area contributed by atoms with Crippen molar-refractivity contribution in [2.24, 2.45) is 7.05 Å². The van der Waals surface area contributed by atoms with E-state index in [2.05, 4.69) is 11.4 Å². The van der Waals surface area contributed by atoms with Crippen LogP contribution < -0.4 is 5.32 Å². The number of allylic oxidation sites excluding steroid dienone is 9. The van der Waals surface area contributed by atoms with E-state index in [0.717, 1.165) is 29.7 Å². The lowest BCUT2D eigenvalue weighted by atomic mass is 10.1. The molecular weight excluding hydrogens is 300 g/mol. The number of aldehydes is 1. The first-order valence-corrected chi connectivity index (χ1v) is 7.90. The fourth-order valence-corrected chi connectivity index (χ4v) is 3.13. The van der Waals surface area contributed by atoms with Gasteiger partial charge in [-0.3, -0.25) is 9.59 Å². The maximum atomic E-state index is 12.7. The molecule has 4 heteroatoms. The summed E-state index contributed by atoms with van der Waals surface area (Å²) in [6.45, 7) is 3.65. The SMILES string of the molecule is Cc1c(C=O)c(C)n(C)c1C(=O)NC1=CC=C2C=CC=CC(=C1)C2. The molecule has 1 N–H and O–H groups in total. The maximum absolute atomic E-state index is 12.7. The van der Waals surface area contributed by atoms with Crippen LogP contribution in [0.25, 0.3) is 0 Å². The number of aromatic nitrogens is 1. The van der Waals surface area contributed by atoms with E-state index >= 15 is 0 Å². The van der Waals surface area contributed by atoms with Crippen molar-refractivity contribution in [3.8, 4) is 0 Å². The monoisotopic (exact) mass is 320 g/mol. The number of rotatable bonds is 3. The lowest BCUT2D eigenvalue weighted by Gasteiger charge is -2.09. The molecule has 2 bridgehead atoms. The number of carbonyl (C=O) groups excluding carboxylic acids is 2. The molecule has 0 saturated heterocycles. The summed E-state index contributed by atoms with van der Waals surface area (Å²) in [5, 5.41) is 2.96. The van der Waals surface area contributed by atoms with E-state index in [1.807, 2.05) is 43.4 Å². The summed E-state index contributed by atoms with van der Waals surface area (Å²) in [7, 11) is 1.80. The molecule has 0 fully saturated rings. The third-order valence-corrected chi connectivity index (χ3v) is 4.54. The first-order valence-electron chi connectivity index (χ1n) is 7.90. The molecule has 1 aromatic rings. The molecule has 0 unspecified atom stereocenters. The van der Waals surface area contributed by atoms with Gasteiger partial charge in [0, 0.05) is 24.0 Å². The van der Waals surface area contributed by atoms with E-state index in [4.69, 9.17) is 0 Å². The Kier molecular flexibility index (Phi) is 4.21. The van der Waals surface area contributed by atoms with Gasteiger partial charge in [-0.25, -0.2) is 0 Å². The van der Waals surface area contributed by atoms with Crippen LogP contribution in [0.3, 0.4) is 0 Å². The van der Waals surface area contributed by atoms with Crippen LogP contribution in [0.4, 0.5) is 0 Å². The number of nitrogens with zero attached hydrogens (tertiary/aromatic N) is 1. The molecule has 4 nitrogen and oxygen atoms in total. The number of fused-ring (bicyclic) bond motifs is 2. The summed E-state index contributed by atoms with van der Waals surface area (Å²) in [6.07, 6.45) is 15.7. The molecule has 1 heterocycles. The molecule has 1 aromatic heterocycles. The standard InChI is InChI=1S/C20H20N2O2/c1-13-18(12-23)14(2)22(3)19(13)20(24)21-17-9-8-15-6-4-5-7-16(10-15)11-17/h4-9,11-12H,10H2,1-3H3,(H,21,24). The Bertz CT molecular complexity index is 874. The lowest BCUT2D eigenvalue weighted by molar-refractivity contribution is 0.0958. The van der Waals surface area contributed by atoms with Gasteiger partial charge in [-0.1, -0.05) is 30.4 Å². The Morgan fingerprint density at radius 1 is 1.17 bits per heavy atom. The Morgan fingerprint density at radius 3 is 2.54 bits per heavy atom. The van der Waals surface area contributed by atoms with Gasteiger partial charge in [0.05, 0.1) is 0 Å². The van der Waals surface area contributed by atoms with E-state index in [1.165, 1.54) is 5.57 Å². The van der Waals surface area contributed by atoms with Crippen molar-refractivity contribution in [3.05, 3.63) is 81.9 Å². The predicted octanol–water partition coefficient (Wildman–Crippen LogP) is 3.45. The van der Waals surface area contributed by atoms with Gasteiger partial charge >= 0.3 is 0 Å². The van der Waals surface area contributed by atoms with Gasteiger partial charge in [0.1, 0.15) is 5.69 Å². The van der Waals surface area contributed by atoms with Crippen LogP contribution in [-0.2, 0) is 7.05 Å². The van der Waals surface area contributed by atoms with Crippen LogP contribution in [0.1, 0.15) is 38.5 Å². The van der Waals surface area contributed by atoms with Crippen LogP contribution in [0.5, 0.6) is 0 Å². The Morgan fingerprint density at radius 2 is 1.88 bits per heavy atom. The van der Waals surface area contributed by atoms with E-state index in [-0.39, 0.29) is 5.91 Å². The second-order valence-corrected chi connectivity index (χ2v) is 6.08. The summed E-state index contributed by atoms with van der Waals surface area (Å²) >= 11 is 0. The molecule has 0 atom stereocenters. The van der Waals surface area contributed by atoms with E-state index < -0.39 is 0 Å². The van der Waals surface area contributed by atoms with Crippen LogP contribution in [0.2, 0.25) is 0 Å². The molecule has 0 aromatic carbocycles. The zero-order valence-electron chi connectivity index (χ0n) is 14.1. The molecule has 24 heavy (non-hydrogen) atoms. The summed E-state index contributed by atoms with van der Waals surface area (Å²) in [5.74, 6) is -0.207. The fourth-order valence-electron chi connectivity index (χ4n) is 3.13. The summed E-state index contributed by atoms with van der Waals surface area (Å²) < 4.78 is 1.77. The van der Waals surface area contributed by atoms with E-state index in [1.54, 1.807) is 18.5 Å². The van der Waals surface area contributed by atoms with Crippen molar-refractivity contribution in [2.45, 2.75) is 20.3 Å². The van der Waals surface area contributed by atoms with Gasteiger partial charge in [-0.2, -0.15) is 0 Å². The van der Waals surface area contributed by atoms with Crippen molar-refractivity contribution in [2.75, 3.05) is 0 Å². The van der Waals surface area contributed by atoms with Crippen LogP contribution >= 0.6 is 0 Å². The van der Waals surface area contributed by atoms with Gasteiger partial charge in [0.2, 0.25) is 0 Å². The molecular formula is C20H20N2O2. The Labute approximate surface area is 141 Å². The van der Waals surface area contributed by atoms with Crippen molar-refractivity contribution in [1.82, 2.24) is 9.88 Å². The van der Waals surface area contributed by atoms with Gasteiger partial charge in [0.25, 0.3) is 5.91 Å². The smallest absolute Gasteiger partial charge is 0.272 e. The minimum atomic E-state index is -0.207. The fraction of sp³-hybridized carbons (Fsp3) is 0.200. The lowest BCUT2D eigenvalue weighted by Crippen LogP contribution is -2.25. The van der Waals surface area contributed by atoms with Crippen LogP contribution in [-0.4, -0.2) is 16.8 Å². The highest BCUT2D eigenvalue weighted by atomic mass is 16.2. The number of hydrogen-bond acceptors (Lipinski definition) is 2. The van der Waals surface area contributed by atoms with Crippen LogP contribution in [0, 0.1) is 13.8 Å². The molecule has 2 aliphatic carbocycles. The van der Waals surface area contributed by atoms with Crippen molar-refractivity contribution >= 4 is 12.2 Å². The zero-order chi connectivity index (χ0) is 17.3. The zero-order valence-corrected chi connectivity index (χ0v) is 14.1. The Hall–Kier alpha value is -2.88. The summed E-state index contributed by atoms with van der Waals surface area (Å²) in [4.78, 5) is 24.0. The largest absolute Gasteiger partial charge is 0.343 e. The molecule has 122 valence electrons. The van der Waals surface area contributed by atoms with Gasteiger partial charge in [0.15, 0.2) is 6.29 Å². The minimum Gasteiger partial charge on any atom is -0.343 e. The van der Waals surface area contributed by atoms with E-state index in [0.29, 0.717) is 16.8 Å². The number of carbonyl (C=O) groups is 2. The molecule has 3 rings (SSSR count). The molecule has 0 aliphatic heterocycles. The minimum absolute atomic E-state index is 0.207. The first-order chi connectivity index (χ1) is 11.5. The van der Waals surface area contributed by atoms with E-state index in [9.17, 15) is 9.59 Å². The summed E-state index contributed by atoms with van der Waals surface area (Å²) in [5.41, 5.74) is 5.69. The average Bonchev–Trinajstić information content (AvgIpc) is 2.78. The first kappa shape index (κ1) is 16.0. The predicted molar refractivity (Wildman–Crippen MR) is 94.9 cm³/mol. The summed E-state index contributed by atoms with van der Waals surface area (Å²) in [6, 6.07) is 0. The second kappa shape index (κ2) is 6.32. The molecule has 1 amide bonds. The number of hydrogen-bond donors (Lipinski definition) is 1. The van der Waals surface area contributed by atoms with Gasteiger partial charge < -0.3 is 9.88 Å². The van der Waals surface area contributed by atoms with Crippen molar-refractivity contribution in [3.63, 3.8) is 0 Å². The molecule has 0 radical (unpaired) electrons. The van der Waals surface area contributed by atoms with Gasteiger partial charge in [-0.05, 0) is 49.1 Å². The number of amides is 1. The van der Waals surface area contributed by atoms with Crippen LogP contribution in [0.15, 0.2) is 59.4 Å². The average molecular weight is 320 g/mol. The normalized spacial score (nSPS) is 15.9. The third kappa shape index (κ3) is 2.83. The quantitative estimate of drug-likeness (QED) is 0.867. The maximum Gasteiger partial charge on any atom is 0.272 e. The highest BCUT2D eigenvalue weighted by Gasteiger charge is 2.21. The third-order valence-electron chi connectivity index (χ3n) is 4.54. The second-order valence-electron chi connectivity index (χ2n) is 6.08. The highest BCUT2D eigenvalue weighted by molar-refractivity contribution is 5.98. The molecule has 2 aliphatic rings. The highest BCUT2D eigenvalue weighted by Crippen LogP contribution is 2.23.